The SMILES string of the molecule is COc1ccc(N2C=CC(C)(C)C=C2)cc1. The van der Waals surface area contributed by atoms with E-state index in [1.165, 1.54) is 0 Å². The molecule has 1 aliphatic heterocycles. The summed E-state index contributed by atoms with van der Waals surface area (Å²) in [6.07, 6.45) is 8.58. The van der Waals surface area contributed by atoms with Crippen molar-refractivity contribution < 1.29 is 4.74 Å². The Morgan fingerprint density at radius 1 is 1.00 bits per heavy atom. The van der Waals surface area contributed by atoms with Crippen LogP contribution in [0.3, 0.4) is 0 Å². The van der Waals surface area contributed by atoms with Gasteiger partial charge in [-0.1, -0.05) is 26.0 Å². The number of allylic oxidation sites excluding steroid dienone is 2. The highest BCUT2D eigenvalue weighted by Crippen LogP contribution is 2.27. The average Bonchev–Trinajstić information content (AvgIpc) is 2.29. The van der Waals surface area contributed by atoms with E-state index in [-0.39, 0.29) is 5.41 Å². The van der Waals surface area contributed by atoms with Crippen molar-refractivity contribution in [2.45, 2.75) is 13.8 Å². The topological polar surface area (TPSA) is 12.5 Å². The average molecular weight is 215 g/mol. The summed E-state index contributed by atoms with van der Waals surface area (Å²) in [5, 5.41) is 0. The van der Waals surface area contributed by atoms with E-state index in [0.717, 1.165) is 11.4 Å². The number of hydrogen-bond donors (Lipinski definition) is 0. The zero-order valence-electron chi connectivity index (χ0n) is 9.97. The van der Waals surface area contributed by atoms with Crippen LogP contribution in [-0.2, 0) is 0 Å². The molecule has 0 spiro atoms. The molecule has 1 aromatic carbocycles. The van der Waals surface area contributed by atoms with Crippen LogP contribution in [0.2, 0.25) is 0 Å². The van der Waals surface area contributed by atoms with Gasteiger partial charge in [0, 0.05) is 23.5 Å². The van der Waals surface area contributed by atoms with E-state index in [0.29, 0.717) is 0 Å². The molecule has 1 heterocycles. The van der Waals surface area contributed by atoms with Crippen molar-refractivity contribution in [1.29, 1.82) is 0 Å². The number of hydrogen-bond acceptors (Lipinski definition) is 2. The Bertz CT molecular complexity index is 399. The van der Waals surface area contributed by atoms with Gasteiger partial charge in [-0.25, -0.2) is 0 Å². The molecule has 0 saturated heterocycles. The summed E-state index contributed by atoms with van der Waals surface area (Å²) in [7, 11) is 1.68. The molecule has 0 aromatic heterocycles. The molecule has 0 saturated carbocycles. The van der Waals surface area contributed by atoms with Gasteiger partial charge in [-0.05, 0) is 24.3 Å². The first-order chi connectivity index (χ1) is 7.61. The van der Waals surface area contributed by atoms with Crippen molar-refractivity contribution in [2.75, 3.05) is 12.0 Å². The van der Waals surface area contributed by atoms with Crippen molar-refractivity contribution in [1.82, 2.24) is 0 Å². The fraction of sp³-hybridized carbons (Fsp3) is 0.286. The molecule has 2 heteroatoms. The van der Waals surface area contributed by atoms with E-state index in [4.69, 9.17) is 4.74 Å². The first-order valence-corrected chi connectivity index (χ1v) is 5.42. The van der Waals surface area contributed by atoms with Crippen molar-refractivity contribution in [3.8, 4) is 5.75 Å². The van der Waals surface area contributed by atoms with Gasteiger partial charge in [-0.3, -0.25) is 0 Å². The van der Waals surface area contributed by atoms with Crippen LogP contribution in [0.25, 0.3) is 0 Å². The highest BCUT2D eigenvalue weighted by molar-refractivity contribution is 5.55. The Labute approximate surface area is 96.8 Å². The number of anilines is 1. The summed E-state index contributed by atoms with van der Waals surface area (Å²) in [6.45, 7) is 4.37. The largest absolute Gasteiger partial charge is 0.497 e. The second-order valence-corrected chi connectivity index (χ2v) is 4.56. The smallest absolute Gasteiger partial charge is 0.119 e. The molecule has 0 aliphatic carbocycles. The number of nitrogens with zero attached hydrogens (tertiary/aromatic N) is 1. The molecule has 1 aromatic rings. The van der Waals surface area contributed by atoms with Crippen molar-refractivity contribution >= 4 is 5.69 Å². The Hall–Kier alpha value is -1.70. The van der Waals surface area contributed by atoms with Gasteiger partial charge in [0.2, 0.25) is 0 Å². The Balaban J connectivity index is 2.17. The van der Waals surface area contributed by atoms with Gasteiger partial charge in [0.1, 0.15) is 5.75 Å². The highest BCUT2D eigenvalue weighted by Gasteiger charge is 2.14. The third-order valence-corrected chi connectivity index (χ3v) is 2.70. The normalized spacial score (nSPS) is 17.6. The molecular formula is C14H17NO. The molecule has 1 aliphatic rings. The lowest BCUT2D eigenvalue weighted by atomic mass is 9.92. The standard InChI is InChI=1S/C14H17NO/c1-14(2)8-10-15(11-9-14)12-4-6-13(16-3)7-5-12/h4-11H,1-3H3. The van der Waals surface area contributed by atoms with Crippen LogP contribution in [-0.4, -0.2) is 7.11 Å². The minimum absolute atomic E-state index is 0.156. The molecule has 2 nitrogen and oxygen atoms in total. The predicted octanol–water partition coefficient (Wildman–Crippen LogP) is 3.57. The highest BCUT2D eigenvalue weighted by atomic mass is 16.5. The summed E-state index contributed by atoms with van der Waals surface area (Å²) >= 11 is 0. The molecule has 0 bridgehead atoms. The van der Waals surface area contributed by atoms with Crippen LogP contribution in [0.5, 0.6) is 5.75 Å². The monoisotopic (exact) mass is 215 g/mol. The van der Waals surface area contributed by atoms with Crippen molar-refractivity contribution in [2.24, 2.45) is 5.41 Å². The van der Waals surface area contributed by atoms with Crippen molar-refractivity contribution in [3.63, 3.8) is 0 Å². The van der Waals surface area contributed by atoms with Crippen LogP contribution < -0.4 is 9.64 Å². The fourth-order valence-electron chi connectivity index (χ4n) is 1.58. The minimum Gasteiger partial charge on any atom is -0.497 e. The third kappa shape index (κ3) is 2.27. The maximum absolute atomic E-state index is 5.14. The summed E-state index contributed by atoms with van der Waals surface area (Å²) in [5.74, 6) is 0.883. The lowest BCUT2D eigenvalue weighted by Gasteiger charge is -2.25. The Kier molecular flexibility index (Phi) is 2.73. The van der Waals surface area contributed by atoms with E-state index in [1.54, 1.807) is 7.11 Å². The van der Waals surface area contributed by atoms with Crippen LogP contribution in [0.1, 0.15) is 13.8 Å². The van der Waals surface area contributed by atoms with Crippen LogP contribution in [0.4, 0.5) is 5.69 Å². The van der Waals surface area contributed by atoms with Gasteiger partial charge in [-0.15, -0.1) is 0 Å². The molecule has 0 amide bonds. The second kappa shape index (κ2) is 4.05. The zero-order chi connectivity index (χ0) is 11.6. The Morgan fingerprint density at radius 3 is 2.06 bits per heavy atom. The fourth-order valence-corrected chi connectivity index (χ4v) is 1.58. The first-order valence-electron chi connectivity index (χ1n) is 5.42. The predicted molar refractivity (Wildman–Crippen MR) is 67.5 cm³/mol. The third-order valence-electron chi connectivity index (χ3n) is 2.70. The number of ether oxygens (including phenoxy) is 1. The van der Waals surface area contributed by atoms with Gasteiger partial charge < -0.3 is 9.64 Å². The molecule has 0 atom stereocenters. The molecule has 0 N–H and O–H groups in total. The molecule has 0 fully saturated rings. The summed E-state index contributed by atoms with van der Waals surface area (Å²) in [5.41, 5.74) is 1.30. The lowest BCUT2D eigenvalue weighted by molar-refractivity contribution is 0.415. The van der Waals surface area contributed by atoms with Crippen LogP contribution in [0.15, 0.2) is 48.8 Å². The quantitative estimate of drug-likeness (QED) is 0.747. The van der Waals surface area contributed by atoms with Gasteiger partial charge in [0.15, 0.2) is 0 Å². The maximum Gasteiger partial charge on any atom is 0.119 e. The van der Waals surface area contributed by atoms with E-state index in [1.807, 2.05) is 24.3 Å². The van der Waals surface area contributed by atoms with E-state index in [9.17, 15) is 0 Å². The van der Waals surface area contributed by atoms with E-state index < -0.39 is 0 Å². The molecule has 0 radical (unpaired) electrons. The van der Waals surface area contributed by atoms with E-state index >= 15 is 0 Å². The lowest BCUT2D eigenvalue weighted by Crippen LogP contribution is -2.16. The number of methoxy groups -OCH3 is 1. The van der Waals surface area contributed by atoms with Crippen LogP contribution in [0, 0.1) is 5.41 Å². The molecule has 2 rings (SSSR count). The summed E-state index contributed by atoms with van der Waals surface area (Å²) in [6, 6.07) is 8.03. The molecule has 16 heavy (non-hydrogen) atoms. The van der Waals surface area contributed by atoms with E-state index in [2.05, 4.69) is 43.3 Å². The van der Waals surface area contributed by atoms with Gasteiger partial charge in [-0.2, -0.15) is 0 Å². The van der Waals surface area contributed by atoms with Gasteiger partial charge >= 0.3 is 0 Å². The van der Waals surface area contributed by atoms with Crippen molar-refractivity contribution in [3.05, 3.63) is 48.8 Å². The zero-order valence-corrected chi connectivity index (χ0v) is 9.97. The first kappa shape index (κ1) is 10.8. The summed E-state index contributed by atoms with van der Waals surface area (Å²) in [4.78, 5) is 2.10. The second-order valence-electron chi connectivity index (χ2n) is 4.56. The van der Waals surface area contributed by atoms with Gasteiger partial charge in [0.05, 0.1) is 7.11 Å². The number of benzene rings is 1. The maximum atomic E-state index is 5.14. The van der Waals surface area contributed by atoms with Gasteiger partial charge in [0.25, 0.3) is 0 Å². The summed E-state index contributed by atoms with van der Waals surface area (Å²) < 4.78 is 5.14. The molecular weight excluding hydrogens is 198 g/mol. The minimum atomic E-state index is 0.156. The molecule has 0 unspecified atom stereocenters. The van der Waals surface area contributed by atoms with Crippen LogP contribution >= 0.6 is 0 Å². The Morgan fingerprint density at radius 2 is 1.56 bits per heavy atom. The number of rotatable bonds is 2. The molecule has 84 valence electrons.